The van der Waals surface area contributed by atoms with Crippen molar-refractivity contribution in [2.24, 2.45) is 5.73 Å². The molecule has 0 spiro atoms. The summed E-state index contributed by atoms with van der Waals surface area (Å²) < 4.78 is 31.7. The molecule has 2 aliphatic rings. The molecule has 0 unspecified atom stereocenters. The van der Waals surface area contributed by atoms with E-state index in [0.29, 0.717) is 0 Å². The molecule has 3 aromatic rings. The minimum atomic E-state index is -5.08. The van der Waals surface area contributed by atoms with E-state index in [1.807, 2.05) is 60.7 Å². The van der Waals surface area contributed by atoms with Gasteiger partial charge in [-0.3, -0.25) is 19.2 Å². The second-order valence-electron chi connectivity index (χ2n) is 11.7. The molecule has 0 aromatic heterocycles. The van der Waals surface area contributed by atoms with Gasteiger partial charge in [-0.05, 0) is 41.7 Å². The van der Waals surface area contributed by atoms with Crippen molar-refractivity contribution in [3.63, 3.8) is 0 Å². The molecular formula is C34H36F3N5O7. The molecule has 260 valence electrons. The zero-order valence-corrected chi connectivity index (χ0v) is 26.1. The van der Waals surface area contributed by atoms with Crippen molar-refractivity contribution in [2.45, 2.75) is 62.1 Å². The first-order valence-electron chi connectivity index (χ1n) is 15.3. The van der Waals surface area contributed by atoms with Crippen LogP contribution in [-0.4, -0.2) is 87.6 Å². The number of benzene rings is 3. The van der Waals surface area contributed by atoms with Gasteiger partial charge >= 0.3 is 12.1 Å². The summed E-state index contributed by atoms with van der Waals surface area (Å²) in [7, 11) is 0. The highest BCUT2D eigenvalue weighted by Crippen LogP contribution is 2.22. The highest BCUT2D eigenvalue weighted by Gasteiger charge is 2.44. The summed E-state index contributed by atoms with van der Waals surface area (Å²) in [5.41, 5.74) is 8.78. The normalized spacial score (nSPS) is 21.6. The van der Waals surface area contributed by atoms with E-state index in [-0.39, 0.29) is 43.9 Å². The average Bonchev–Trinajstić information content (AvgIpc) is 3.48. The first-order valence-corrected chi connectivity index (χ1v) is 15.3. The van der Waals surface area contributed by atoms with Crippen LogP contribution in [0, 0.1) is 0 Å². The summed E-state index contributed by atoms with van der Waals surface area (Å²) in [4.78, 5) is 64.7. The molecule has 0 aliphatic carbocycles. The van der Waals surface area contributed by atoms with Gasteiger partial charge in [0.25, 0.3) is 0 Å². The van der Waals surface area contributed by atoms with Crippen molar-refractivity contribution in [1.82, 2.24) is 20.9 Å². The SMILES string of the molecule is N[C@@H](Cc1ccc(O)cc1)C(=O)N1C[C@H]2C[C@@H]1C(=O)N[C@H](Cc1ccccc1)C(=O)N[C@@H](Cc1ccccc1)C(=O)N2.O=C(O)C(F)(F)F. The third-order valence-electron chi connectivity index (χ3n) is 8.02. The molecule has 2 bridgehead atoms. The molecular weight excluding hydrogens is 647 g/mol. The number of nitrogens with two attached hydrogens (primary N) is 1. The van der Waals surface area contributed by atoms with E-state index in [1.165, 1.54) is 17.0 Å². The summed E-state index contributed by atoms with van der Waals surface area (Å²) >= 11 is 0. The number of halogens is 3. The van der Waals surface area contributed by atoms with Crippen molar-refractivity contribution in [3.8, 4) is 5.75 Å². The van der Waals surface area contributed by atoms with E-state index in [4.69, 9.17) is 15.6 Å². The van der Waals surface area contributed by atoms with E-state index in [0.717, 1.165) is 16.7 Å². The number of hydrogen-bond acceptors (Lipinski definition) is 7. The van der Waals surface area contributed by atoms with Crippen LogP contribution in [0.25, 0.3) is 0 Å². The molecule has 2 saturated heterocycles. The van der Waals surface area contributed by atoms with Crippen molar-refractivity contribution < 1.29 is 47.4 Å². The van der Waals surface area contributed by atoms with Gasteiger partial charge in [0.2, 0.25) is 23.6 Å². The summed E-state index contributed by atoms with van der Waals surface area (Å²) in [6, 6.07) is 20.9. The highest BCUT2D eigenvalue weighted by molar-refractivity contribution is 5.96. The number of carboxylic acid groups (broad SMARTS) is 1. The number of hydrogen-bond donors (Lipinski definition) is 6. The van der Waals surface area contributed by atoms with Crippen LogP contribution >= 0.6 is 0 Å². The van der Waals surface area contributed by atoms with Crippen LogP contribution in [0.5, 0.6) is 5.75 Å². The lowest BCUT2D eigenvalue weighted by molar-refractivity contribution is -0.192. The number of carboxylic acids is 1. The standard InChI is InChI=1S/C32H35N5O5.C2HF3O2/c33-25(15-22-11-13-24(38)14-12-22)32(42)37-19-23-18-28(37)31(41)36-27(17-21-9-5-2-6-10-21)30(40)35-26(29(39)34-23)16-20-7-3-1-4-8-20;3-2(4,5)1(6)7/h1-14,23,25-28,38H,15-19,33H2,(H,34,39)(H,35,40)(H,36,41);(H,6,7)/t23-,25+,26+,27-,28-;/m1./s1. The van der Waals surface area contributed by atoms with Gasteiger partial charge in [0, 0.05) is 25.4 Å². The number of phenols is 1. The molecule has 5 rings (SSSR count). The smallest absolute Gasteiger partial charge is 0.490 e. The van der Waals surface area contributed by atoms with E-state index >= 15 is 0 Å². The zero-order chi connectivity index (χ0) is 35.7. The molecule has 0 saturated carbocycles. The number of phenolic OH excluding ortho intramolecular Hbond substituents is 1. The number of carbonyl (C=O) groups excluding carboxylic acids is 4. The number of nitrogens with one attached hydrogen (secondary N) is 3. The van der Waals surface area contributed by atoms with Crippen molar-refractivity contribution in [2.75, 3.05) is 6.54 Å². The van der Waals surface area contributed by atoms with Crippen LogP contribution in [-0.2, 0) is 43.2 Å². The van der Waals surface area contributed by atoms with Gasteiger partial charge in [0.1, 0.15) is 23.9 Å². The van der Waals surface area contributed by atoms with Crippen molar-refractivity contribution in [3.05, 3.63) is 102 Å². The van der Waals surface area contributed by atoms with Gasteiger partial charge in [0.05, 0.1) is 6.04 Å². The van der Waals surface area contributed by atoms with E-state index in [1.54, 1.807) is 12.1 Å². The fraction of sp³-hybridized carbons (Fsp3) is 0.324. The van der Waals surface area contributed by atoms with Crippen LogP contribution in [0.2, 0.25) is 0 Å². The number of likely N-dealkylation sites (tertiary alicyclic amines) is 1. The predicted octanol–water partition coefficient (Wildman–Crippen LogP) is 1.45. The molecule has 3 aromatic carbocycles. The lowest BCUT2D eigenvalue weighted by atomic mass is 10.0. The van der Waals surface area contributed by atoms with E-state index < -0.39 is 60.1 Å². The average molecular weight is 684 g/mol. The summed E-state index contributed by atoms with van der Waals surface area (Å²) in [6.07, 6.45) is -4.21. The van der Waals surface area contributed by atoms with Gasteiger partial charge in [-0.1, -0.05) is 72.8 Å². The topological polar surface area (TPSA) is 191 Å². The van der Waals surface area contributed by atoms with Gasteiger partial charge < -0.3 is 36.8 Å². The second-order valence-corrected chi connectivity index (χ2v) is 11.7. The maximum Gasteiger partial charge on any atom is 0.490 e. The minimum Gasteiger partial charge on any atom is -0.508 e. The molecule has 5 atom stereocenters. The Labute approximate surface area is 279 Å². The maximum atomic E-state index is 13.7. The molecule has 4 amide bonds. The first-order chi connectivity index (χ1) is 23.2. The highest BCUT2D eigenvalue weighted by atomic mass is 19.4. The Kier molecular flexibility index (Phi) is 12.0. The second kappa shape index (κ2) is 16.1. The molecule has 15 heteroatoms. The summed E-state index contributed by atoms with van der Waals surface area (Å²) in [5.74, 6) is -4.42. The first kappa shape index (κ1) is 36.4. The molecule has 2 aliphatic heterocycles. The van der Waals surface area contributed by atoms with Crippen LogP contribution in [0.1, 0.15) is 23.1 Å². The number of fused-ring (bicyclic) bond motifs is 2. The zero-order valence-electron chi connectivity index (χ0n) is 26.1. The Morgan fingerprint density at radius 2 is 1.24 bits per heavy atom. The Bertz CT molecular complexity index is 1620. The number of carbonyl (C=O) groups is 5. The lowest BCUT2D eigenvalue weighted by Crippen LogP contribution is -2.59. The van der Waals surface area contributed by atoms with Gasteiger partial charge in [-0.2, -0.15) is 13.2 Å². The van der Waals surface area contributed by atoms with Crippen LogP contribution in [0.15, 0.2) is 84.9 Å². The Hall–Kier alpha value is -5.44. The predicted molar refractivity (Wildman–Crippen MR) is 170 cm³/mol. The number of nitrogens with zero attached hydrogens (tertiary/aromatic N) is 1. The molecule has 0 radical (unpaired) electrons. The minimum absolute atomic E-state index is 0.106. The Morgan fingerprint density at radius 1 is 0.776 bits per heavy atom. The maximum absolute atomic E-state index is 13.7. The van der Waals surface area contributed by atoms with Crippen LogP contribution in [0.3, 0.4) is 0 Å². The summed E-state index contributed by atoms with van der Waals surface area (Å²) in [5, 5.41) is 25.4. The summed E-state index contributed by atoms with van der Waals surface area (Å²) in [6.45, 7) is 0.112. The number of alkyl halides is 3. The fourth-order valence-corrected chi connectivity index (χ4v) is 5.58. The third-order valence-corrected chi connectivity index (χ3v) is 8.02. The van der Waals surface area contributed by atoms with E-state index in [9.17, 15) is 37.5 Å². The molecule has 2 fully saturated rings. The monoisotopic (exact) mass is 683 g/mol. The quantitative estimate of drug-likeness (QED) is 0.216. The van der Waals surface area contributed by atoms with Crippen LogP contribution < -0.4 is 21.7 Å². The molecule has 49 heavy (non-hydrogen) atoms. The molecule has 2 heterocycles. The number of rotatable bonds is 7. The van der Waals surface area contributed by atoms with Crippen molar-refractivity contribution in [1.29, 1.82) is 0 Å². The van der Waals surface area contributed by atoms with E-state index in [2.05, 4.69) is 16.0 Å². The van der Waals surface area contributed by atoms with Crippen LogP contribution in [0.4, 0.5) is 13.2 Å². The number of amides is 4. The number of aromatic hydroxyl groups is 1. The largest absolute Gasteiger partial charge is 0.508 e. The molecule has 7 N–H and O–H groups in total. The number of aliphatic carboxylic acids is 1. The Morgan fingerprint density at radius 3 is 1.73 bits per heavy atom. The lowest BCUT2D eigenvalue weighted by Gasteiger charge is -2.29. The van der Waals surface area contributed by atoms with Gasteiger partial charge in [-0.25, -0.2) is 4.79 Å². The van der Waals surface area contributed by atoms with Crippen molar-refractivity contribution >= 4 is 29.6 Å². The third kappa shape index (κ3) is 10.3. The molecule has 12 nitrogen and oxygen atoms in total. The Balaban J connectivity index is 0.000000698. The van der Waals surface area contributed by atoms with Gasteiger partial charge in [-0.15, -0.1) is 0 Å². The fourth-order valence-electron chi connectivity index (χ4n) is 5.58. The van der Waals surface area contributed by atoms with Gasteiger partial charge in [0.15, 0.2) is 0 Å².